The van der Waals surface area contributed by atoms with Gasteiger partial charge in [0.15, 0.2) is 0 Å². The first-order chi connectivity index (χ1) is 11.0. The minimum absolute atomic E-state index is 0.108. The van der Waals surface area contributed by atoms with Gasteiger partial charge in [0.05, 0.1) is 5.69 Å². The molecule has 0 atom stereocenters. The highest BCUT2D eigenvalue weighted by Crippen LogP contribution is 2.27. The highest BCUT2D eigenvalue weighted by Gasteiger charge is 2.09. The number of phenols is 2. The molecule has 0 bridgehead atoms. The van der Waals surface area contributed by atoms with Crippen molar-refractivity contribution in [2.45, 2.75) is 6.92 Å². The maximum absolute atomic E-state index is 11.9. The van der Waals surface area contributed by atoms with E-state index in [0.29, 0.717) is 17.8 Å². The first-order valence-corrected chi connectivity index (χ1v) is 6.98. The minimum atomic E-state index is -0.584. The number of urea groups is 1. The normalized spacial score (nSPS) is 9.96. The Kier molecular flexibility index (Phi) is 5.03. The summed E-state index contributed by atoms with van der Waals surface area (Å²) in [6, 6.07) is 9.71. The van der Waals surface area contributed by atoms with Crippen LogP contribution >= 0.6 is 0 Å². The van der Waals surface area contributed by atoms with Crippen LogP contribution in [-0.4, -0.2) is 28.7 Å². The number of phenolic OH excluding ortho intramolecular Hbond substituents is 2. The van der Waals surface area contributed by atoms with Crippen molar-refractivity contribution in [3.05, 3.63) is 48.0 Å². The van der Waals surface area contributed by atoms with Crippen molar-refractivity contribution in [1.82, 2.24) is 5.32 Å². The predicted molar refractivity (Wildman–Crippen MR) is 86.9 cm³/mol. The summed E-state index contributed by atoms with van der Waals surface area (Å²) in [6.45, 7) is 2.33. The Balaban J connectivity index is 2.05. The number of amides is 3. The summed E-state index contributed by atoms with van der Waals surface area (Å²) in [7, 11) is 0. The molecule has 2 aromatic carbocycles. The Hall–Kier alpha value is -3.22. The SMILES string of the molecule is CCNC(=O)c1cccc(NC(=O)Nc2ccc(O)cc2O)c1. The van der Waals surface area contributed by atoms with Gasteiger partial charge in [-0.3, -0.25) is 4.79 Å². The molecule has 3 amide bonds. The van der Waals surface area contributed by atoms with Gasteiger partial charge in [-0.15, -0.1) is 0 Å². The molecule has 0 saturated heterocycles. The predicted octanol–water partition coefficient (Wildman–Crippen LogP) is 2.49. The lowest BCUT2D eigenvalue weighted by Crippen LogP contribution is -2.23. The number of benzene rings is 2. The van der Waals surface area contributed by atoms with E-state index in [1.807, 2.05) is 6.92 Å². The van der Waals surface area contributed by atoms with Crippen LogP contribution in [0.4, 0.5) is 16.2 Å². The van der Waals surface area contributed by atoms with Gasteiger partial charge in [0.2, 0.25) is 0 Å². The molecule has 0 radical (unpaired) electrons. The van der Waals surface area contributed by atoms with Crippen LogP contribution < -0.4 is 16.0 Å². The molecule has 0 fully saturated rings. The number of carbonyl (C=O) groups excluding carboxylic acids is 2. The first-order valence-electron chi connectivity index (χ1n) is 6.98. The summed E-state index contributed by atoms with van der Waals surface area (Å²) in [5.41, 5.74) is 1.02. The van der Waals surface area contributed by atoms with Crippen LogP contribution in [-0.2, 0) is 0 Å². The molecule has 0 aromatic heterocycles. The molecule has 0 aliphatic rings. The van der Waals surface area contributed by atoms with E-state index >= 15 is 0 Å². The molecule has 120 valence electrons. The molecule has 0 heterocycles. The molecule has 23 heavy (non-hydrogen) atoms. The Morgan fingerprint density at radius 2 is 1.83 bits per heavy atom. The van der Waals surface area contributed by atoms with Crippen molar-refractivity contribution in [2.75, 3.05) is 17.2 Å². The Morgan fingerprint density at radius 1 is 1.04 bits per heavy atom. The van der Waals surface area contributed by atoms with Gasteiger partial charge in [-0.2, -0.15) is 0 Å². The molecule has 7 heteroatoms. The van der Waals surface area contributed by atoms with Crippen LogP contribution in [0.15, 0.2) is 42.5 Å². The summed E-state index contributed by atoms with van der Waals surface area (Å²) in [5, 5.41) is 26.5. The maximum atomic E-state index is 11.9. The van der Waals surface area contributed by atoms with E-state index in [1.54, 1.807) is 24.3 Å². The third-order valence-electron chi connectivity index (χ3n) is 2.95. The Morgan fingerprint density at radius 3 is 2.52 bits per heavy atom. The molecule has 5 N–H and O–H groups in total. The lowest BCUT2D eigenvalue weighted by Gasteiger charge is -2.10. The zero-order valence-electron chi connectivity index (χ0n) is 12.5. The average molecular weight is 315 g/mol. The number of hydrogen-bond acceptors (Lipinski definition) is 4. The zero-order chi connectivity index (χ0) is 16.8. The molecule has 0 saturated carbocycles. The monoisotopic (exact) mass is 315 g/mol. The summed E-state index contributed by atoms with van der Waals surface area (Å²) < 4.78 is 0. The molecule has 2 aromatic rings. The zero-order valence-corrected chi connectivity index (χ0v) is 12.5. The summed E-state index contributed by atoms with van der Waals surface area (Å²) in [5.74, 6) is -0.591. The number of hydrogen-bond donors (Lipinski definition) is 5. The van der Waals surface area contributed by atoms with Gasteiger partial charge in [0.1, 0.15) is 11.5 Å². The summed E-state index contributed by atoms with van der Waals surface area (Å²) in [6.07, 6.45) is 0. The van der Waals surface area contributed by atoms with E-state index in [-0.39, 0.29) is 23.1 Å². The molecule has 0 spiro atoms. The smallest absolute Gasteiger partial charge is 0.323 e. The van der Waals surface area contributed by atoms with E-state index in [1.165, 1.54) is 12.1 Å². The van der Waals surface area contributed by atoms with E-state index in [2.05, 4.69) is 16.0 Å². The minimum Gasteiger partial charge on any atom is -0.508 e. The van der Waals surface area contributed by atoms with E-state index in [9.17, 15) is 19.8 Å². The van der Waals surface area contributed by atoms with Crippen molar-refractivity contribution in [3.8, 4) is 11.5 Å². The quantitative estimate of drug-likeness (QED) is 0.441. The van der Waals surface area contributed by atoms with Crippen LogP contribution in [0.5, 0.6) is 11.5 Å². The van der Waals surface area contributed by atoms with Crippen molar-refractivity contribution in [1.29, 1.82) is 0 Å². The van der Waals surface area contributed by atoms with E-state index in [4.69, 9.17) is 0 Å². The lowest BCUT2D eigenvalue weighted by atomic mass is 10.2. The molecular formula is C16H17N3O4. The first kappa shape index (κ1) is 16.2. The third-order valence-corrected chi connectivity index (χ3v) is 2.95. The fraction of sp³-hybridized carbons (Fsp3) is 0.125. The molecule has 0 aliphatic heterocycles. The third kappa shape index (κ3) is 4.37. The molecule has 7 nitrogen and oxygen atoms in total. The van der Waals surface area contributed by atoms with Crippen LogP contribution in [0.25, 0.3) is 0 Å². The number of anilines is 2. The Bertz CT molecular complexity index is 731. The van der Waals surface area contributed by atoms with Gasteiger partial charge in [0, 0.05) is 23.9 Å². The maximum Gasteiger partial charge on any atom is 0.323 e. The fourth-order valence-corrected chi connectivity index (χ4v) is 1.91. The lowest BCUT2D eigenvalue weighted by molar-refractivity contribution is 0.0956. The van der Waals surface area contributed by atoms with Crippen molar-refractivity contribution < 1.29 is 19.8 Å². The fourth-order valence-electron chi connectivity index (χ4n) is 1.91. The standard InChI is InChI=1S/C16H17N3O4/c1-2-17-15(22)10-4-3-5-11(8-10)18-16(23)19-13-7-6-12(20)9-14(13)21/h3-9,20-21H,2H2,1H3,(H,17,22)(H2,18,19,23). The second-order valence-corrected chi connectivity index (χ2v) is 4.72. The second-order valence-electron chi connectivity index (χ2n) is 4.72. The van der Waals surface area contributed by atoms with E-state index in [0.717, 1.165) is 6.07 Å². The van der Waals surface area contributed by atoms with E-state index < -0.39 is 6.03 Å². The molecule has 0 aliphatic carbocycles. The van der Waals surface area contributed by atoms with Crippen molar-refractivity contribution in [2.24, 2.45) is 0 Å². The van der Waals surface area contributed by atoms with Gasteiger partial charge in [-0.25, -0.2) is 4.79 Å². The van der Waals surface area contributed by atoms with Gasteiger partial charge in [-0.1, -0.05) is 6.07 Å². The topological polar surface area (TPSA) is 111 Å². The molecule has 2 rings (SSSR count). The highest BCUT2D eigenvalue weighted by atomic mass is 16.3. The van der Waals surface area contributed by atoms with Gasteiger partial charge < -0.3 is 26.2 Å². The van der Waals surface area contributed by atoms with Crippen molar-refractivity contribution >= 4 is 23.3 Å². The van der Waals surface area contributed by atoms with Crippen LogP contribution in [0.2, 0.25) is 0 Å². The number of rotatable bonds is 4. The van der Waals surface area contributed by atoms with Crippen LogP contribution in [0.3, 0.4) is 0 Å². The average Bonchev–Trinajstić information content (AvgIpc) is 2.50. The van der Waals surface area contributed by atoms with Crippen LogP contribution in [0.1, 0.15) is 17.3 Å². The summed E-state index contributed by atoms with van der Waals surface area (Å²) >= 11 is 0. The molecular weight excluding hydrogens is 298 g/mol. The number of carbonyl (C=O) groups is 2. The number of aromatic hydroxyl groups is 2. The highest BCUT2D eigenvalue weighted by molar-refractivity contribution is 6.02. The van der Waals surface area contributed by atoms with Crippen LogP contribution in [0, 0.1) is 0 Å². The van der Waals surface area contributed by atoms with Gasteiger partial charge in [-0.05, 0) is 37.3 Å². The van der Waals surface area contributed by atoms with Gasteiger partial charge in [0.25, 0.3) is 5.91 Å². The molecule has 0 unspecified atom stereocenters. The largest absolute Gasteiger partial charge is 0.508 e. The van der Waals surface area contributed by atoms with Gasteiger partial charge >= 0.3 is 6.03 Å². The van der Waals surface area contributed by atoms with Crippen molar-refractivity contribution in [3.63, 3.8) is 0 Å². The Labute approximate surface area is 133 Å². The number of nitrogens with one attached hydrogen (secondary N) is 3. The second kappa shape index (κ2) is 7.17. The summed E-state index contributed by atoms with van der Waals surface area (Å²) in [4.78, 5) is 23.7.